The number of nitro groups is 1. The monoisotopic (exact) mass is 274 g/mol. The zero-order valence-electron chi connectivity index (χ0n) is 9.21. The van der Waals surface area contributed by atoms with Crippen LogP contribution in [0, 0.1) is 10.1 Å². The van der Waals surface area contributed by atoms with Gasteiger partial charge >= 0.3 is 5.97 Å². The van der Waals surface area contributed by atoms with E-state index >= 15 is 0 Å². The number of carboxylic acid groups (broad SMARTS) is 1. The highest BCUT2D eigenvalue weighted by Crippen LogP contribution is 2.28. The molecule has 1 aromatic carbocycles. The summed E-state index contributed by atoms with van der Waals surface area (Å²) in [5, 5.41) is 19.1. The number of hydrogen-bond acceptors (Lipinski definition) is 5. The second-order valence-electron chi connectivity index (χ2n) is 3.45. The first-order chi connectivity index (χ1) is 8.41. The number of aliphatic carboxylic acids is 1. The molecule has 1 atom stereocenters. The topological polar surface area (TPSA) is 116 Å². The van der Waals surface area contributed by atoms with Crippen molar-refractivity contribution in [1.82, 2.24) is 0 Å². The summed E-state index contributed by atoms with van der Waals surface area (Å²) in [5.41, 5.74) is 5.14. The summed E-state index contributed by atoms with van der Waals surface area (Å²) in [6, 6.07) is 2.75. The Morgan fingerprint density at radius 2 is 2.28 bits per heavy atom. The van der Waals surface area contributed by atoms with Gasteiger partial charge in [-0.05, 0) is 6.07 Å². The molecule has 0 saturated heterocycles. The Kier molecular flexibility index (Phi) is 4.87. The highest BCUT2D eigenvalue weighted by Gasteiger charge is 2.13. The molecule has 1 aromatic rings. The molecule has 0 aliphatic heterocycles. The lowest BCUT2D eigenvalue weighted by molar-refractivity contribution is -0.384. The number of non-ortho nitro benzene ring substituents is 1. The molecule has 3 N–H and O–H groups in total. The summed E-state index contributed by atoms with van der Waals surface area (Å²) in [4.78, 5) is 20.3. The minimum absolute atomic E-state index is 0.0605. The first-order valence-electron chi connectivity index (χ1n) is 4.97. The van der Waals surface area contributed by atoms with E-state index in [2.05, 4.69) is 0 Å². The molecule has 0 aromatic heterocycles. The lowest BCUT2D eigenvalue weighted by Gasteiger charge is -2.09. The van der Waals surface area contributed by atoms with Crippen LogP contribution >= 0.6 is 11.6 Å². The van der Waals surface area contributed by atoms with Crippen LogP contribution < -0.4 is 10.5 Å². The number of benzene rings is 1. The van der Waals surface area contributed by atoms with E-state index < -0.39 is 16.9 Å². The Morgan fingerprint density at radius 1 is 1.61 bits per heavy atom. The molecule has 98 valence electrons. The molecule has 1 rings (SSSR count). The average Bonchev–Trinajstić information content (AvgIpc) is 2.30. The van der Waals surface area contributed by atoms with Crippen LogP contribution in [0.25, 0.3) is 0 Å². The van der Waals surface area contributed by atoms with Gasteiger partial charge < -0.3 is 15.6 Å². The van der Waals surface area contributed by atoms with Gasteiger partial charge in [0.15, 0.2) is 0 Å². The zero-order chi connectivity index (χ0) is 13.7. The molecule has 0 spiro atoms. The highest BCUT2D eigenvalue weighted by atomic mass is 35.5. The van der Waals surface area contributed by atoms with Gasteiger partial charge in [-0.15, -0.1) is 0 Å². The maximum absolute atomic E-state index is 10.5. The number of carbonyl (C=O) groups is 1. The first kappa shape index (κ1) is 14.2. The van der Waals surface area contributed by atoms with Gasteiger partial charge in [0.05, 0.1) is 16.6 Å². The fourth-order valence-corrected chi connectivity index (χ4v) is 1.37. The fraction of sp³-hybridized carbons (Fsp3) is 0.300. The Balaban J connectivity index is 2.58. The van der Waals surface area contributed by atoms with E-state index in [9.17, 15) is 14.9 Å². The van der Waals surface area contributed by atoms with Crippen molar-refractivity contribution < 1.29 is 19.6 Å². The summed E-state index contributed by atoms with van der Waals surface area (Å²) in [6.07, 6.45) is 0.114. The molecule has 7 nitrogen and oxygen atoms in total. The molecule has 18 heavy (non-hydrogen) atoms. The molecule has 0 saturated carbocycles. The number of rotatable bonds is 6. The molecule has 0 heterocycles. The Hall–Kier alpha value is -1.86. The summed E-state index contributed by atoms with van der Waals surface area (Å²) < 4.78 is 5.19. The molecule has 8 heteroatoms. The molecule has 0 aliphatic carbocycles. The molecule has 0 radical (unpaired) electrons. The molecular formula is C10H11ClN2O5. The number of carboxylic acids is 1. The maximum atomic E-state index is 10.5. The number of nitrogens with two attached hydrogens (primary N) is 1. The van der Waals surface area contributed by atoms with Crippen LogP contribution in [0.15, 0.2) is 18.2 Å². The second kappa shape index (κ2) is 6.18. The van der Waals surface area contributed by atoms with Crippen molar-refractivity contribution in [2.24, 2.45) is 5.73 Å². The summed E-state index contributed by atoms with van der Waals surface area (Å²) >= 11 is 5.77. The third kappa shape index (κ3) is 3.86. The van der Waals surface area contributed by atoms with Crippen molar-refractivity contribution in [3.8, 4) is 5.75 Å². The largest absolute Gasteiger partial charge is 0.492 e. The molecular weight excluding hydrogens is 264 g/mol. The van der Waals surface area contributed by atoms with E-state index in [1.54, 1.807) is 0 Å². The number of nitrogens with zero attached hydrogens (tertiary/aromatic N) is 1. The van der Waals surface area contributed by atoms with Gasteiger partial charge in [-0.3, -0.25) is 14.9 Å². The first-order valence-corrected chi connectivity index (χ1v) is 5.34. The van der Waals surface area contributed by atoms with Crippen LogP contribution in [-0.2, 0) is 4.79 Å². The fourth-order valence-electron chi connectivity index (χ4n) is 1.14. The smallest absolute Gasteiger partial charge is 0.320 e. The van der Waals surface area contributed by atoms with Gasteiger partial charge in [0.25, 0.3) is 5.69 Å². The van der Waals surface area contributed by atoms with Crippen LogP contribution in [0.4, 0.5) is 5.69 Å². The average molecular weight is 275 g/mol. The van der Waals surface area contributed by atoms with Gasteiger partial charge in [-0.1, -0.05) is 11.6 Å². The van der Waals surface area contributed by atoms with Crippen LogP contribution in [0.3, 0.4) is 0 Å². The number of ether oxygens (including phenoxy) is 1. The maximum Gasteiger partial charge on any atom is 0.320 e. The van der Waals surface area contributed by atoms with E-state index in [4.69, 9.17) is 27.2 Å². The highest BCUT2D eigenvalue weighted by molar-refractivity contribution is 6.32. The molecule has 0 bridgehead atoms. The van der Waals surface area contributed by atoms with Crippen LogP contribution in [0.1, 0.15) is 6.42 Å². The number of nitro benzene ring substituents is 1. The SMILES string of the molecule is NC(CCOc1ccc([N+](=O)[O-])cc1Cl)C(=O)O. The normalized spacial score (nSPS) is 11.9. The van der Waals surface area contributed by atoms with Gasteiger partial charge in [0.2, 0.25) is 0 Å². The molecule has 0 fully saturated rings. The van der Waals surface area contributed by atoms with Crippen molar-refractivity contribution in [2.75, 3.05) is 6.61 Å². The lowest BCUT2D eigenvalue weighted by atomic mass is 10.2. The third-order valence-corrected chi connectivity index (χ3v) is 2.43. The van der Waals surface area contributed by atoms with Gasteiger partial charge in [-0.25, -0.2) is 0 Å². The summed E-state index contributed by atoms with van der Waals surface area (Å²) in [7, 11) is 0. The van der Waals surface area contributed by atoms with Gasteiger partial charge in [-0.2, -0.15) is 0 Å². The van der Waals surface area contributed by atoms with E-state index in [1.165, 1.54) is 12.1 Å². The summed E-state index contributed by atoms with van der Waals surface area (Å²) in [6.45, 7) is 0.0605. The summed E-state index contributed by atoms with van der Waals surface area (Å²) in [5.74, 6) is -0.867. The Morgan fingerprint density at radius 3 is 2.78 bits per heavy atom. The van der Waals surface area contributed by atoms with Crippen molar-refractivity contribution in [3.05, 3.63) is 33.3 Å². The van der Waals surface area contributed by atoms with Gasteiger partial charge in [0, 0.05) is 18.6 Å². The third-order valence-electron chi connectivity index (χ3n) is 2.13. The van der Waals surface area contributed by atoms with E-state index in [0.717, 1.165) is 6.07 Å². The predicted molar refractivity (Wildman–Crippen MR) is 63.8 cm³/mol. The minimum atomic E-state index is -1.12. The van der Waals surface area contributed by atoms with Crippen LogP contribution in [0.2, 0.25) is 5.02 Å². The van der Waals surface area contributed by atoms with Crippen molar-refractivity contribution >= 4 is 23.3 Å². The minimum Gasteiger partial charge on any atom is -0.492 e. The van der Waals surface area contributed by atoms with Crippen molar-refractivity contribution in [1.29, 1.82) is 0 Å². The number of halogens is 1. The van der Waals surface area contributed by atoms with E-state index in [0.29, 0.717) is 0 Å². The van der Waals surface area contributed by atoms with Crippen molar-refractivity contribution in [2.45, 2.75) is 12.5 Å². The predicted octanol–water partition coefficient (Wildman–Crippen LogP) is 1.43. The lowest BCUT2D eigenvalue weighted by Crippen LogP contribution is -2.31. The standard InChI is InChI=1S/C10H11ClN2O5/c11-7-5-6(13(16)17)1-2-9(7)18-4-3-8(12)10(14)15/h1-2,5,8H,3-4,12H2,(H,14,15). The molecule has 0 aliphatic rings. The van der Waals surface area contributed by atoms with Crippen molar-refractivity contribution in [3.63, 3.8) is 0 Å². The molecule has 1 unspecified atom stereocenters. The quantitative estimate of drug-likeness (QED) is 0.599. The Labute approximate surface area is 107 Å². The second-order valence-corrected chi connectivity index (χ2v) is 3.86. The number of hydrogen-bond donors (Lipinski definition) is 2. The zero-order valence-corrected chi connectivity index (χ0v) is 9.96. The van der Waals surface area contributed by atoms with E-state index in [1.807, 2.05) is 0 Å². The van der Waals surface area contributed by atoms with Crippen LogP contribution in [-0.4, -0.2) is 28.6 Å². The van der Waals surface area contributed by atoms with E-state index in [-0.39, 0.29) is 29.5 Å². The molecule has 0 amide bonds. The van der Waals surface area contributed by atoms with Crippen LogP contribution in [0.5, 0.6) is 5.75 Å². The van der Waals surface area contributed by atoms with Gasteiger partial charge in [0.1, 0.15) is 11.8 Å². The Bertz CT molecular complexity index is 466.